The molecular weight excluding hydrogens is 242 g/mol. The van der Waals surface area contributed by atoms with Gasteiger partial charge in [-0.2, -0.15) is 11.8 Å². The predicted octanol–water partition coefficient (Wildman–Crippen LogP) is 3.46. The molecule has 0 amide bonds. The normalized spacial score (nSPS) is 25.2. The van der Waals surface area contributed by atoms with Gasteiger partial charge in [-0.1, -0.05) is 26.2 Å². The van der Waals surface area contributed by atoms with Crippen LogP contribution in [0.1, 0.15) is 51.9 Å². The summed E-state index contributed by atoms with van der Waals surface area (Å²) >= 11 is 2.20. The lowest BCUT2D eigenvalue weighted by Gasteiger charge is -2.32. The van der Waals surface area contributed by atoms with E-state index in [-0.39, 0.29) is 0 Å². The Hall–Kier alpha value is 0.270. The molecule has 106 valence electrons. The average Bonchev–Trinajstić information content (AvgIpc) is 2.45. The number of hydrogen-bond acceptors (Lipinski definition) is 3. The van der Waals surface area contributed by atoms with Crippen LogP contribution in [-0.2, 0) is 4.74 Å². The van der Waals surface area contributed by atoms with Crippen molar-refractivity contribution >= 4 is 11.8 Å². The Bertz CT molecular complexity index is 213. The third-order valence-electron chi connectivity index (χ3n) is 4.36. The number of thioether (sulfide) groups is 1. The zero-order valence-electron chi connectivity index (χ0n) is 11.8. The number of nitrogens with one attached hydrogen (secondary N) is 1. The SMILES string of the molecule is CCNC(CSC1CCOCC1)C1CCCCC1. The summed E-state index contributed by atoms with van der Waals surface area (Å²) in [7, 11) is 0. The summed E-state index contributed by atoms with van der Waals surface area (Å²) in [6.45, 7) is 5.32. The van der Waals surface area contributed by atoms with Gasteiger partial charge in [0, 0.05) is 30.3 Å². The monoisotopic (exact) mass is 271 g/mol. The highest BCUT2D eigenvalue weighted by Crippen LogP contribution is 2.30. The third-order valence-corrected chi connectivity index (χ3v) is 5.86. The maximum absolute atomic E-state index is 5.44. The summed E-state index contributed by atoms with van der Waals surface area (Å²) in [5, 5.41) is 4.59. The van der Waals surface area contributed by atoms with Gasteiger partial charge in [0.25, 0.3) is 0 Å². The van der Waals surface area contributed by atoms with Crippen LogP contribution in [0.3, 0.4) is 0 Å². The van der Waals surface area contributed by atoms with Crippen LogP contribution in [-0.4, -0.2) is 36.8 Å². The van der Waals surface area contributed by atoms with E-state index >= 15 is 0 Å². The third kappa shape index (κ3) is 4.75. The van der Waals surface area contributed by atoms with Gasteiger partial charge in [0.2, 0.25) is 0 Å². The smallest absolute Gasteiger partial charge is 0.0476 e. The van der Waals surface area contributed by atoms with Crippen molar-refractivity contribution < 1.29 is 4.74 Å². The summed E-state index contributed by atoms with van der Waals surface area (Å²) in [5.74, 6) is 2.24. The minimum atomic E-state index is 0.753. The van der Waals surface area contributed by atoms with Crippen LogP contribution in [0, 0.1) is 5.92 Å². The molecule has 2 nitrogen and oxygen atoms in total. The second-order valence-electron chi connectivity index (χ2n) is 5.71. The molecule has 0 aromatic rings. The number of ether oxygens (including phenoxy) is 1. The second kappa shape index (κ2) is 8.44. The Morgan fingerprint density at radius 3 is 2.50 bits per heavy atom. The maximum Gasteiger partial charge on any atom is 0.0476 e. The van der Waals surface area contributed by atoms with Gasteiger partial charge in [0.15, 0.2) is 0 Å². The summed E-state index contributed by atoms with van der Waals surface area (Å²) in [4.78, 5) is 0. The predicted molar refractivity (Wildman–Crippen MR) is 80.3 cm³/mol. The molecule has 0 spiro atoms. The Morgan fingerprint density at radius 1 is 1.11 bits per heavy atom. The Kier molecular flexibility index (Phi) is 6.88. The van der Waals surface area contributed by atoms with Crippen LogP contribution in [0.25, 0.3) is 0 Å². The van der Waals surface area contributed by atoms with Crippen LogP contribution < -0.4 is 5.32 Å². The van der Waals surface area contributed by atoms with E-state index < -0.39 is 0 Å². The van der Waals surface area contributed by atoms with E-state index in [4.69, 9.17) is 4.74 Å². The molecule has 0 bridgehead atoms. The van der Waals surface area contributed by atoms with Crippen molar-refractivity contribution in [3.8, 4) is 0 Å². The molecular formula is C15H29NOS. The number of rotatable bonds is 6. The molecule has 0 aromatic heterocycles. The van der Waals surface area contributed by atoms with Crippen molar-refractivity contribution in [1.29, 1.82) is 0 Å². The van der Waals surface area contributed by atoms with Crippen LogP contribution in [0.15, 0.2) is 0 Å². The molecule has 2 rings (SSSR count). The lowest BCUT2D eigenvalue weighted by atomic mass is 9.84. The molecule has 1 saturated carbocycles. The summed E-state index contributed by atoms with van der Waals surface area (Å²) in [6.07, 6.45) is 9.78. The van der Waals surface area contributed by atoms with Crippen molar-refractivity contribution in [2.45, 2.75) is 63.2 Å². The highest BCUT2D eigenvalue weighted by molar-refractivity contribution is 7.99. The quantitative estimate of drug-likeness (QED) is 0.799. The van der Waals surface area contributed by atoms with E-state index in [0.717, 1.165) is 37.0 Å². The molecule has 1 aliphatic carbocycles. The Morgan fingerprint density at radius 2 is 1.83 bits per heavy atom. The first-order chi connectivity index (χ1) is 8.90. The lowest BCUT2D eigenvalue weighted by molar-refractivity contribution is 0.0999. The van der Waals surface area contributed by atoms with Crippen LogP contribution in [0.4, 0.5) is 0 Å². The topological polar surface area (TPSA) is 21.3 Å². The summed E-state index contributed by atoms with van der Waals surface area (Å²) in [5.41, 5.74) is 0. The van der Waals surface area contributed by atoms with E-state index in [9.17, 15) is 0 Å². The first kappa shape index (κ1) is 14.7. The minimum Gasteiger partial charge on any atom is -0.381 e. The van der Waals surface area contributed by atoms with Gasteiger partial charge in [0.1, 0.15) is 0 Å². The van der Waals surface area contributed by atoms with E-state index in [1.165, 1.54) is 50.7 Å². The average molecular weight is 271 g/mol. The van der Waals surface area contributed by atoms with Crippen LogP contribution in [0.5, 0.6) is 0 Å². The lowest BCUT2D eigenvalue weighted by Crippen LogP contribution is -2.39. The fourth-order valence-electron chi connectivity index (χ4n) is 3.24. The van der Waals surface area contributed by atoms with Gasteiger partial charge in [-0.3, -0.25) is 0 Å². The van der Waals surface area contributed by atoms with Gasteiger partial charge in [0.05, 0.1) is 0 Å². The second-order valence-corrected chi connectivity index (χ2v) is 7.04. The summed E-state index contributed by atoms with van der Waals surface area (Å²) in [6, 6.07) is 0.753. The molecule has 0 aromatic carbocycles. The van der Waals surface area contributed by atoms with Gasteiger partial charge >= 0.3 is 0 Å². The van der Waals surface area contributed by atoms with Crippen molar-refractivity contribution in [3.63, 3.8) is 0 Å². The van der Waals surface area contributed by atoms with E-state index in [1.807, 2.05) is 0 Å². The fourth-order valence-corrected chi connectivity index (χ4v) is 4.64. The zero-order valence-corrected chi connectivity index (χ0v) is 12.6. The molecule has 2 fully saturated rings. The molecule has 18 heavy (non-hydrogen) atoms. The molecule has 1 heterocycles. The molecule has 1 unspecified atom stereocenters. The molecule has 2 aliphatic rings. The maximum atomic E-state index is 5.44. The molecule has 1 N–H and O–H groups in total. The first-order valence-corrected chi connectivity index (χ1v) is 8.87. The van der Waals surface area contributed by atoms with E-state index in [2.05, 4.69) is 24.0 Å². The van der Waals surface area contributed by atoms with Crippen molar-refractivity contribution in [3.05, 3.63) is 0 Å². The highest BCUT2D eigenvalue weighted by atomic mass is 32.2. The van der Waals surface area contributed by atoms with E-state index in [1.54, 1.807) is 0 Å². The molecule has 1 atom stereocenters. The first-order valence-electron chi connectivity index (χ1n) is 7.83. The van der Waals surface area contributed by atoms with Gasteiger partial charge in [-0.15, -0.1) is 0 Å². The van der Waals surface area contributed by atoms with Crippen molar-refractivity contribution in [1.82, 2.24) is 5.32 Å². The fraction of sp³-hybridized carbons (Fsp3) is 1.00. The zero-order chi connectivity index (χ0) is 12.6. The molecule has 1 aliphatic heterocycles. The Labute approximate surface area is 117 Å². The molecule has 3 heteroatoms. The largest absolute Gasteiger partial charge is 0.381 e. The molecule has 0 radical (unpaired) electrons. The Balaban J connectivity index is 1.73. The van der Waals surface area contributed by atoms with Crippen LogP contribution in [0.2, 0.25) is 0 Å². The minimum absolute atomic E-state index is 0.753. The summed E-state index contributed by atoms with van der Waals surface area (Å²) < 4.78 is 5.44. The molecule has 1 saturated heterocycles. The van der Waals surface area contributed by atoms with E-state index in [0.29, 0.717) is 0 Å². The standard InChI is InChI=1S/C15H29NOS/c1-2-16-15(13-6-4-3-5-7-13)12-18-14-8-10-17-11-9-14/h13-16H,2-12H2,1H3. The van der Waals surface area contributed by atoms with Gasteiger partial charge < -0.3 is 10.1 Å². The highest BCUT2D eigenvalue weighted by Gasteiger charge is 2.24. The number of hydrogen-bond donors (Lipinski definition) is 1. The van der Waals surface area contributed by atoms with Crippen molar-refractivity contribution in [2.24, 2.45) is 5.92 Å². The van der Waals surface area contributed by atoms with Crippen molar-refractivity contribution in [2.75, 3.05) is 25.5 Å². The van der Waals surface area contributed by atoms with Gasteiger partial charge in [-0.25, -0.2) is 0 Å². The van der Waals surface area contributed by atoms with Crippen LogP contribution >= 0.6 is 11.8 Å². The van der Waals surface area contributed by atoms with Gasteiger partial charge in [-0.05, 0) is 38.1 Å².